The summed E-state index contributed by atoms with van der Waals surface area (Å²) in [7, 11) is 0. The second-order valence-electron chi connectivity index (χ2n) is 4.39. The maximum absolute atomic E-state index is 11.9. The summed E-state index contributed by atoms with van der Waals surface area (Å²) in [5.41, 5.74) is 0. The van der Waals surface area contributed by atoms with Crippen molar-refractivity contribution >= 4 is 11.9 Å². The van der Waals surface area contributed by atoms with Crippen LogP contribution in [0, 0.1) is 0 Å². The Bertz CT molecular complexity index is 290. The van der Waals surface area contributed by atoms with E-state index in [0.29, 0.717) is 32.8 Å². The van der Waals surface area contributed by atoms with Gasteiger partial charge < -0.3 is 20.3 Å². The molecule has 2 aliphatic heterocycles. The first-order valence-electron chi connectivity index (χ1n) is 6.18. The molecule has 0 unspecified atom stereocenters. The Balaban J connectivity index is 1.85. The van der Waals surface area contributed by atoms with E-state index in [1.54, 1.807) is 4.90 Å². The Labute approximate surface area is 101 Å². The van der Waals surface area contributed by atoms with Crippen LogP contribution in [0.3, 0.4) is 0 Å². The van der Waals surface area contributed by atoms with Crippen molar-refractivity contribution < 1.29 is 14.3 Å². The first kappa shape index (κ1) is 12.2. The molecule has 2 N–H and O–H groups in total. The highest BCUT2D eigenvalue weighted by atomic mass is 16.5. The third-order valence-corrected chi connectivity index (χ3v) is 3.13. The lowest BCUT2D eigenvalue weighted by atomic mass is 10.1. The topological polar surface area (TPSA) is 70.7 Å². The fourth-order valence-corrected chi connectivity index (χ4v) is 2.08. The summed E-state index contributed by atoms with van der Waals surface area (Å²) in [5.74, 6) is -0.0656. The lowest BCUT2D eigenvalue weighted by Gasteiger charge is -2.28. The van der Waals surface area contributed by atoms with Gasteiger partial charge in [-0.15, -0.1) is 0 Å². The molecule has 2 saturated heterocycles. The standard InChI is InChI=1S/C11H19N3O3/c15-10-9(3-1-2-4-12-10)13-11(16)14-5-7-17-8-6-14/h9H,1-8H2,(H,12,15)(H,13,16)/t9-/m1/s1. The van der Waals surface area contributed by atoms with Crippen LogP contribution in [-0.4, -0.2) is 55.7 Å². The van der Waals surface area contributed by atoms with Gasteiger partial charge in [-0.05, 0) is 19.3 Å². The number of carbonyl (C=O) groups excluding carboxylic acids is 2. The number of carbonyl (C=O) groups is 2. The molecule has 1 atom stereocenters. The summed E-state index contributed by atoms with van der Waals surface area (Å²) in [6.45, 7) is 3.05. The number of morpholine rings is 1. The minimum atomic E-state index is -0.382. The highest BCUT2D eigenvalue weighted by molar-refractivity contribution is 5.87. The van der Waals surface area contributed by atoms with Gasteiger partial charge in [0, 0.05) is 19.6 Å². The number of nitrogens with one attached hydrogen (secondary N) is 2. The Morgan fingerprint density at radius 3 is 2.88 bits per heavy atom. The van der Waals surface area contributed by atoms with E-state index in [1.165, 1.54) is 0 Å². The first-order valence-corrected chi connectivity index (χ1v) is 6.18. The molecule has 6 heteroatoms. The van der Waals surface area contributed by atoms with Crippen molar-refractivity contribution in [2.75, 3.05) is 32.8 Å². The van der Waals surface area contributed by atoms with Gasteiger partial charge in [0.25, 0.3) is 0 Å². The van der Waals surface area contributed by atoms with E-state index in [4.69, 9.17) is 4.74 Å². The number of rotatable bonds is 1. The molecule has 2 fully saturated rings. The zero-order valence-electron chi connectivity index (χ0n) is 9.91. The average Bonchev–Trinajstić information content (AvgIpc) is 2.56. The third-order valence-electron chi connectivity index (χ3n) is 3.13. The van der Waals surface area contributed by atoms with Gasteiger partial charge in [-0.25, -0.2) is 4.79 Å². The SMILES string of the molecule is O=C1NCCCC[C@H]1NC(=O)N1CCOCC1. The maximum atomic E-state index is 11.9. The molecule has 0 aliphatic carbocycles. The van der Waals surface area contributed by atoms with E-state index in [-0.39, 0.29) is 18.0 Å². The number of urea groups is 1. The summed E-state index contributed by atoms with van der Waals surface area (Å²) in [6.07, 6.45) is 2.67. The van der Waals surface area contributed by atoms with Gasteiger partial charge in [-0.1, -0.05) is 0 Å². The van der Waals surface area contributed by atoms with Gasteiger partial charge in [0.2, 0.25) is 5.91 Å². The van der Waals surface area contributed by atoms with Crippen molar-refractivity contribution in [2.45, 2.75) is 25.3 Å². The lowest BCUT2D eigenvalue weighted by molar-refractivity contribution is -0.122. The highest BCUT2D eigenvalue weighted by Crippen LogP contribution is 2.06. The predicted octanol–water partition coefficient (Wildman–Crippen LogP) is -0.303. The molecule has 17 heavy (non-hydrogen) atoms. The maximum Gasteiger partial charge on any atom is 0.318 e. The van der Waals surface area contributed by atoms with E-state index in [2.05, 4.69) is 10.6 Å². The first-order chi connectivity index (χ1) is 8.27. The van der Waals surface area contributed by atoms with Crippen molar-refractivity contribution in [3.05, 3.63) is 0 Å². The molecule has 2 heterocycles. The molecular formula is C11H19N3O3. The van der Waals surface area contributed by atoms with Gasteiger partial charge in [0.1, 0.15) is 6.04 Å². The summed E-state index contributed by atoms with van der Waals surface area (Å²) < 4.78 is 5.18. The van der Waals surface area contributed by atoms with Crippen LogP contribution >= 0.6 is 0 Å². The normalized spacial score (nSPS) is 26.0. The van der Waals surface area contributed by atoms with Crippen molar-refractivity contribution in [1.82, 2.24) is 15.5 Å². The smallest absolute Gasteiger partial charge is 0.318 e. The van der Waals surface area contributed by atoms with Crippen molar-refractivity contribution in [1.29, 1.82) is 0 Å². The quantitative estimate of drug-likeness (QED) is 0.662. The summed E-state index contributed by atoms with van der Waals surface area (Å²) >= 11 is 0. The van der Waals surface area contributed by atoms with Crippen molar-refractivity contribution in [2.24, 2.45) is 0 Å². The van der Waals surface area contributed by atoms with E-state index >= 15 is 0 Å². The van der Waals surface area contributed by atoms with Crippen LogP contribution in [-0.2, 0) is 9.53 Å². The molecule has 0 saturated carbocycles. The molecule has 2 rings (SSSR count). The Hall–Kier alpha value is -1.30. The Kier molecular flexibility index (Phi) is 4.19. The molecule has 0 aromatic rings. The molecule has 3 amide bonds. The largest absolute Gasteiger partial charge is 0.378 e. The molecular weight excluding hydrogens is 222 g/mol. The third kappa shape index (κ3) is 3.33. The molecule has 0 aromatic heterocycles. The van der Waals surface area contributed by atoms with Crippen LogP contribution in [0.2, 0.25) is 0 Å². The number of ether oxygens (including phenoxy) is 1. The average molecular weight is 241 g/mol. The van der Waals surface area contributed by atoms with Gasteiger partial charge in [0.05, 0.1) is 13.2 Å². The van der Waals surface area contributed by atoms with Crippen molar-refractivity contribution in [3.8, 4) is 0 Å². The van der Waals surface area contributed by atoms with E-state index < -0.39 is 0 Å². The zero-order valence-corrected chi connectivity index (χ0v) is 9.91. The molecule has 96 valence electrons. The van der Waals surface area contributed by atoms with E-state index in [1.807, 2.05) is 0 Å². The summed E-state index contributed by atoms with van der Waals surface area (Å²) in [5, 5.41) is 5.60. The molecule has 0 spiro atoms. The molecule has 0 aromatic carbocycles. The van der Waals surface area contributed by atoms with Gasteiger partial charge in [-0.2, -0.15) is 0 Å². The monoisotopic (exact) mass is 241 g/mol. The second-order valence-corrected chi connectivity index (χ2v) is 4.39. The van der Waals surface area contributed by atoms with Crippen LogP contribution in [0.25, 0.3) is 0 Å². The van der Waals surface area contributed by atoms with Gasteiger partial charge >= 0.3 is 6.03 Å². The number of nitrogens with zero attached hydrogens (tertiary/aromatic N) is 1. The minimum absolute atomic E-state index is 0.0656. The van der Waals surface area contributed by atoms with Gasteiger partial charge in [-0.3, -0.25) is 4.79 Å². The molecule has 0 radical (unpaired) electrons. The van der Waals surface area contributed by atoms with Crippen LogP contribution in [0.15, 0.2) is 0 Å². The van der Waals surface area contributed by atoms with Crippen LogP contribution < -0.4 is 10.6 Å². The van der Waals surface area contributed by atoms with Crippen molar-refractivity contribution in [3.63, 3.8) is 0 Å². The number of hydrogen-bond donors (Lipinski definition) is 2. The molecule has 2 aliphatic rings. The Morgan fingerprint density at radius 2 is 2.12 bits per heavy atom. The van der Waals surface area contributed by atoms with Crippen LogP contribution in [0.4, 0.5) is 4.79 Å². The predicted molar refractivity (Wildman–Crippen MR) is 61.6 cm³/mol. The Morgan fingerprint density at radius 1 is 1.35 bits per heavy atom. The van der Waals surface area contributed by atoms with E-state index in [0.717, 1.165) is 19.3 Å². The molecule has 0 bridgehead atoms. The lowest BCUT2D eigenvalue weighted by Crippen LogP contribution is -2.52. The summed E-state index contributed by atoms with van der Waals surface area (Å²) in [6, 6.07) is -0.539. The number of amides is 3. The fourth-order valence-electron chi connectivity index (χ4n) is 2.08. The molecule has 6 nitrogen and oxygen atoms in total. The minimum Gasteiger partial charge on any atom is -0.378 e. The zero-order chi connectivity index (χ0) is 12.1. The van der Waals surface area contributed by atoms with Crippen LogP contribution in [0.1, 0.15) is 19.3 Å². The van der Waals surface area contributed by atoms with Crippen LogP contribution in [0.5, 0.6) is 0 Å². The van der Waals surface area contributed by atoms with Gasteiger partial charge in [0.15, 0.2) is 0 Å². The number of hydrogen-bond acceptors (Lipinski definition) is 3. The highest BCUT2D eigenvalue weighted by Gasteiger charge is 2.25. The van der Waals surface area contributed by atoms with E-state index in [9.17, 15) is 9.59 Å². The second kappa shape index (κ2) is 5.86. The fraction of sp³-hybridized carbons (Fsp3) is 0.818. The summed E-state index contributed by atoms with van der Waals surface area (Å²) in [4.78, 5) is 25.3.